The summed E-state index contributed by atoms with van der Waals surface area (Å²) in [4.78, 5) is 29.1. The van der Waals surface area contributed by atoms with Gasteiger partial charge in [-0.3, -0.25) is 14.6 Å². The van der Waals surface area contributed by atoms with Crippen LogP contribution in [-0.2, 0) is 0 Å². The van der Waals surface area contributed by atoms with Gasteiger partial charge < -0.3 is 10.6 Å². The highest BCUT2D eigenvalue weighted by Crippen LogP contribution is 2.29. The maximum absolute atomic E-state index is 12.4. The summed E-state index contributed by atoms with van der Waals surface area (Å²) in [5.74, 6) is -0.687. The number of aromatic nitrogens is 1. The molecule has 1 aliphatic rings. The predicted molar refractivity (Wildman–Crippen MR) is 67.1 cm³/mol. The monoisotopic (exact) mass is 247 g/mol. The number of carbonyl (C=O) groups is 2. The van der Waals surface area contributed by atoms with Crippen molar-refractivity contribution in [1.29, 1.82) is 0 Å². The van der Waals surface area contributed by atoms with Crippen LogP contribution in [-0.4, -0.2) is 33.8 Å². The highest BCUT2D eigenvalue weighted by atomic mass is 16.2. The first-order valence-corrected chi connectivity index (χ1v) is 6.00. The van der Waals surface area contributed by atoms with Gasteiger partial charge in [0.15, 0.2) is 0 Å². The van der Waals surface area contributed by atoms with Gasteiger partial charge in [-0.1, -0.05) is 0 Å². The number of amides is 2. The standard InChI is InChI=1S/C13H17N3O2/c1-13(2)5-3-7-16(13)12(18)9-4-6-15-10(8-9)11(14)17/h4,6,8H,3,5,7H2,1-2H3,(H2,14,17). The maximum Gasteiger partial charge on any atom is 0.267 e. The molecule has 0 spiro atoms. The summed E-state index contributed by atoms with van der Waals surface area (Å²) in [6.45, 7) is 4.85. The molecule has 5 heteroatoms. The largest absolute Gasteiger partial charge is 0.364 e. The van der Waals surface area contributed by atoms with Crippen molar-refractivity contribution in [2.45, 2.75) is 32.2 Å². The molecule has 2 rings (SSSR count). The molecule has 1 aliphatic heterocycles. The second-order valence-electron chi connectivity index (χ2n) is 5.17. The number of hydrogen-bond acceptors (Lipinski definition) is 3. The Morgan fingerprint density at radius 2 is 2.17 bits per heavy atom. The quantitative estimate of drug-likeness (QED) is 0.853. The average molecular weight is 247 g/mol. The Morgan fingerprint density at radius 1 is 1.44 bits per heavy atom. The zero-order valence-corrected chi connectivity index (χ0v) is 10.6. The summed E-state index contributed by atoms with van der Waals surface area (Å²) in [7, 11) is 0. The minimum Gasteiger partial charge on any atom is -0.364 e. The fourth-order valence-electron chi connectivity index (χ4n) is 2.34. The van der Waals surface area contributed by atoms with E-state index in [0.717, 1.165) is 19.4 Å². The number of rotatable bonds is 2. The lowest BCUT2D eigenvalue weighted by molar-refractivity contribution is 0.0652. The number of nitrogens with two attached hydrogens (primary N) is 1. The molecule has 96 valence electrons. The minimum absolute atomic E-state index is 0.0672. The molecule has 0 atom stereocenters. The fraction of sp³-hybridized carbons (Fsp3) is 0.462. The van der Waals surface area contributed by atoms with Gasteiger partial charge in [-0.05, 0) is 38.8 Å². The summed E-state index contributed by atoms with van der Waals surface area (Å²) in [6, 6.07) is 3.07. The third kappa shape index (κ3) is 2.20. The molecule has 0 radical (unpaired) electrons. The van der Waals surface area contributed by atoms with E-state index in [4.69, 9.17) is 5.73 Å². The van der Waals surface area contributed by atoms with Gasteiger partial charge in [0.2, 0.25) is 0 Å². The second-order valence-corrected chi connectivity index (χ2v) is 5.17. The lowest BCUT2D eigenvalue weighted by Crippen LogP contribution is -2.42. The van der Waals surface area contributed by atoms with Crippen molar-refractivity contribution in [3.63, 3.8) is 0 Å². The predicted octanol–water partition coefficient (Wildman–Crippen LogP) is 1.20. The third-order valence-electron chi connectivity index (χ3n) is 3.41. The number of hydrogen-bond donors (Lipinski definition) is 1. The van der Waals surface area contributed by atoms with Gasteiger partial charge in [-0.15, -0.1) is 0 Å². The number of nitrogens with zero attached hydrogens (tertiary/aromatic N) is 2. The number of pyridine rings is 1. The summed E-state index contributed by atoms with van der Waals surface area (Å²) < 4.78 is 0. The normalized spacial score (nSPS) is 17.8. The Labute approximate surface area is 106 Å². The van der Waals surface area contributed by atoms with Crippen LogP contribution in [0, 0.1) is 0 Å². The second kappa shape index (κ2) is 4.40. The lowest BCUT2D eigenvalue weighted by atomic mass is 10.0. The van der Waals surface area contributed by atoms with Crippen molar-refractivity contribution in [3.05, 3.63) is 29.6 Å². The molecule has 0 bridgehead atoms. The summed E-state index contributed by atoms with van der Waals surface area (Å²) >= 11 is 0. The lowest BCUT2D eigenvalue weighted by Gasteiger charge is -2.31. The highest BCUT2D eigenvalue weighted by molar-refractivity contribution is 5.98. The molecule has 0 aliphatic carbocycles. The van der Waals surface area contributed by atoms with E-state index in [0.29, 0.717) is 5.56 Å². The molecule has 0 saturated carbocycles. The summed E-state index contributed by atoms with van der Waals surface area (Å²) in [6.07, 6.45) is 3.44. The van der Waals surface area contributed by atoms with Crippen molar-refractivity contribution in [1.82, 2.24) is 9.88 Å². The number of carbonyl (C=O) groups excluding carboxylic acids is 2. The van der Waals surface area contributed by atoms with Gasteiger partial charge in [-0.2, -0.15) is 0 Å². The zero-order valence-electron chi connectivity index (χ0n) is 10.6. The Kier molecular flexibility index (Phi) is 3.07. The first-order chi connectivity index (χ1) is 8.42. The van der Waals surface area contributed by atoms with Crippen LogP contribution in [0.4, 0.5) is 0 Å². The van der Waals surface area contributed by atoms with Crippen molar-refractivity contribution in [2.75, 3.05) is 6.54 Å². The van der Waals surface area contributed by atoms with E-state index < -0.39 is 5.91 Å². The third-order valence-corrected chi connectivity index (χ3v) is 3.41. The van der Waals surface area contributed by atoms with Crippen LogP contribution in [0.25, 0.3) is 0 Å². The SMILES string of the molecule is CC1(C)CCCN1C(=O)c1ccnc(C(N)=O)c1. The Morgan fingerprint density at radius 3 is 2.72 bits per heavy atom. The molecule has 2 amide bonds. The topological polar surface area (TPSA) is 76.3 Å². The molecule has 5 nitrogen and oxygen atoms in total. The smallest absolute Gasteiger partial charge is 0.267 e. The van der Waals surface area contributed by atoms with E-state index in [2.05, 4.69) is 4.98 Å². The van der Waals surface area contributed by atoms with Gasteiger partial charge in [0.1, 0.15) is 5.69 Å². The van der Waals surface area contributed by atoms with Crippen LogP contribution in [0.3, 0.4) is 0 Å². The summed E-state index contributed by atoms with van der Waals surface area (Å²) in [5, 5.41) is 0. The number of likely N-dealkylation sites (tertiary alicyclic amines) is 1. The molecular weight excluding hydrogens is 230 g/mol. The molecule has 0 aromatic carbocycles. The Bertz CT molecular complexity index is 497. The van der Waals surface area contributed by atoms with Crippen LogP contribution < -0.4 is 5.73 Å². The highest BCUT2D eigenvalue weighted by Gasteiger charge is 2.35. The van der Waals surface area contributed by atoms with E-state index in [1.165, 1.54) is 12.3 Å². The van der Waals surface area contributed by atoms with E-state index in [1.807, 2.05) is 18.7 Å². The summed E-state index contributed by atoms with van der Waals surface area (Å²) in [5.41, 5.74) is 5.62. The molecule has 2 heterocycles. The van der Waals surface area contributed by atoms with Crippen molar-refractivity contribution < 1.29 is 9.59 Å². The van der Waals surface area contributed by atoms with Gasteiger partial charge in [0, 0.05) is 23.8 Å². The van der Waals surface area contributed by atoms with Crippen molar-refractivity contribution in [3.8, 4) is 0 Å². The maximum atomic E-state index is 12.4. The fourth-order valence-corrected chi connectivity index (χ4v) is 2.34. The number of primary amides is 1. The molecule has 2 N–H and O–H groups in total. The molecular formula is C13H17N3O2. The Balaban J connectivity index is 2.29. The van der Waals surface area contributed by atoms with Gasteiger partial charge in [-0.25, -0.2) is 0 Å². The minimum atomic E-state index is -0.620. The molecule has 0 unspecified atom stereocenters. The van der Waals surface area contributed by atoms with Crippen LogP contribution in [0.15, 0.2) is 18.3 Å². The van der Waals surface area contributed by atoms with Crippen molar-refractivity contribution in [2.24, 2.45) is 5.73 Å². The Hall–Kier alpha value is -1.91. The molecule has 1 aromatic rings. The first-order valence-electron chi connectivity index (χ1n) is 6.00. The van der Waals surface area contributed by atoms with Crippen LogP contribution in [0.2, 0.25) is 0 Å². The molecule has 1 aromatic heterocycles. The van der Waals surface area contributed by atoms with Gasteiger partial charge in [0.25, 0.3) is 11.8 Å². The van der Waals surface area contributed by atoms with E-state index in [1.54, 1.807) is 6.07 Å². The average Bonchev–Trinajstić information content (AvgIpc) is 2.68. The van der Waals surface area contributed by atoms with Gasteiger partial charge in [0.05, 0.1) is 0 Å². The zero-order chi connectivity index (χ0) is 13.3. The van der Waals surface area contributed by atoms with Crippen LogP contribution >= 0.6 is 0 Å². The van der Waals surface area contributed by atoms with E-state index in [-0.39, 0.29) is 17.1 Å². The van der Waals surface area contributed by atoms with E-state index in [9.17, 15) is 9.59 Å². The molecule has 1 fully saturated rings. The van der Waals surface area contributed by atoms with Crippen LogP contribution in [0.1, 0.15) is 47.5 Å². The van der Waals surface area contributed by atoms with E-state index >= 15 is 0 Å². The molecule has 18 heavy (non-hydrogen) atoms. The molecule has 1 saturated heterocycles. The van der Waals surface area contributed by atoms with Gasteiger partial charge >= 0.3 is 0 Å². The van der Waals surface area contributed by atoms with Crippen molar-refractivity contribution >= 4 is 11.8 Å². The van der Waals surface area contributed by atoms with Crippen LogP contribution in [0.5, 0.6) is 0 Å². The first kappa shape index (κ1) is 12.5.